The van der Waals surface area contributed by atoms with Gasteiger partial charge in [-0.25, -0.2) is 17.5 Å². The molecule has 0 bridgehead atoms. The molecule has 1 aromatic carbocycles. The molecule has 0 radical (unpaired) electrons. The predicted octanol–water partition coefficient (Wildman–Crippen LogP) is 3.49. The van der Waals surface area contributed by atoms with Crippen molar-refractivity contribution in [1.29, 1.82) is 0 Å². The van der Waals surface area contributed by atoms with Crippen LogP contribution in [0.4, 0.5) is 4.79 Å². The maximum atomic E-state index is 12.5. The lowest BCUT2D eigenvalue weighted by atomic mass is 9.86. The van der Waals surface area contributed by atoms with Gasteiger partial charge in [0.05, 0.1) is 4.90 Å². The van der Waals surface area contributed by atoms with Crippen LogP contribution in [0.5, 0.6) is 0 Å². The van der Waals surface area contributed by atoms with E-state index in [2.05, 4.69) is 10.6 Å². The summed E-state index contributed by atoms with van der Waals surface area (Å²) in [6, 6.07) is 6.85. The normalized spacial score (nSPS) is 18.9. The number of nitrogens with zero attached hydrogens (tertiary/aromatic N) is 1. The third-order valence-corrected chi connectivity index (χ3v) is 8.10. The minimum atomic E-state index is -3.43. The molecule has 0 heterocycles. The average Bonchev–Trinajstić information content (AvgIpc) is 3.38. The van der Waals surface area contributed by atoms with Gasteiger partial charge in [-0.1, -0.05) is 37.8 Å². The van der Waals surface area contributed by atoms with Crippen LogP contribution >= 0.6 is 0 Å². The highest BCUT2D eigenvalue weighted by Crippen LogP contribution is 2.37. The first kappa shape index (κ1) is 21.1. The van der Waals surface area contributed by atoms with Gasteiger partial charge in [-0.15, -0.1) is 0 Å². The van der Waals surface area contributed by atoms with Crippen LogP contribution in [0.2, 0.25) is 0 Å². The van der Waals surface area contributed by atoms with Gasteiger partial charge in [-0.05, 0) is 55.2 Å². The third kappa shape index (κ3) is 5.06. The van der Waals surface area contributed by atoms with Gasteiger partial charge in [0.15, 0.2) is 0 Å². The lowest BCUT2D eigenvalue weighted by molar-refractivity contribution is 0.215. The van der Waals surface area contributed by atoms with E-state index in [1.807, 2.05) is 0 Å². The maximum absolute atomic E-state index is 12.5. The highest BCUT2D eigenvalue weighted by atomic mass is 32.2. The Morgan fingerprint density at radius 1 is 1.00 bits per heavy atom. The van der Waals surface area contributed by atoms with E-state index in [0.29, 0.717) is 18.4 Å². The van der Waals surface area contributed by atoms with Gasteiger partial charge in [0.2, 0.25) is 10.0 Å². The summed E-state index contributed by atoms with van der Waals surface area (Å²) in [5.74, 6) is 1.23. The fourth-order valence-electron chi connectivity index (χ4n) is 4.63. The molecule has 2 amide bonds. The minimum absolute atomic E-state index is 0.117. The Labute approximate surface area is 169 Å². The molecule has 0 saturated heterocycles. The van der Waals surface area contributed by atoms with Crippen molar-refractivity contribution in [2.75, 3.05) is 14.1 Å². The van der Waals surface area contributed by atoms with Gasteiger partial charge in [0, 0.05) is 26.7 Å². The molecule has 3 rings (SSSR count). The molecule has 0 aliphatic heterocycles. The summed E-state index contributed by atoms with van der Waals surface area (Å²) in [5.41, 5.74) is 0.881. The van der Waals surface area contributed by atoms with Crippen molar-refractivity contribution in [3.63, 3.8) is 0 Å². The van der Waals surface area contributed by atoms with E-state index >= 15 is 0 Å². The second kappa shape index (κ2) is 9.27. The molecular weight excluding hydrogens is 374 g/mol. The number of carbonyl (C=O) groups is 1. The summed E-state index contributed by atoms with van der Waals surface area (Å²) in [6.07, 6.45) is 10.0. The Kier molecular flexibility index (Phi) is 6.99. The quantitative estimate of drug-likeness (QED) is 0.726. The van der Waals surface area contributed by atoms with Crippen LogP contribution in [0.3, 0.4) is 0 Å². The van der Waals surface area contributed by atoms with Gasteiger partial charge in [0.1, 0.15) is 0 Å². The van der Waals surface area contributed by atoms with Crippen molar-refractivity contribution in [3.05, 3.63) is 29.8 Å². The Morgan fingerprint density at radius 3 is 1.96 bits per heavy atom. The van der Waals surface area contributed by atoms with Crippen LogP contribution in [0.25, 0.3) is 0 Å². The second-order valence-electron chi connectivity index (χ2n) is 8.37. The summed E-state index contributed by atoms with van der Waals surface area (Å²) >= 11 is 0. The summed E-state index contributed by atoms with van der Waals surface area (Å²) in [6.45, 7) is 0.385. The van der Waals surface area contributed by atoms with Crippen molar-refractivity contribution in [2.24, 2.45) is 11.8 Å². The number of rotatable bonds is 7. The SMILES string of the molecule is CN(C)S(=O)(=O)c1ccc(CNC(=O)NC(C2CCCC2)C2CCCC2)cc1. The third-order valence-electron chi connectivity index (χ3n) is 6.27. The molecule has 0 aromatic heterocycles. The first-order chi connectivity index (χ1) is 13.4. The fraction of sp³-hybridized carbons (Fsp3) is 0.667. The van der Waals surface area contributed by atoms with Gasteiger partial charge in [0.25, 0.3) is 0 Å². The first-order valence-corrected chi connectivity index (χ1v) is 11.9. The van der Waals surface area contributed by atoms with Crippen LogP contribution in [0, 0.1) is 11.8 Å². The molecular formula is C21H33N3O3S. The monoisotopic (exact) mass is 407 g/mol. The number of benzene rings is 1. The Bertz CT molecular complexity index is 734. The van der Waals surface area contributed by atoms with Crippen molar-refractivity contribution >= 4 is 16.1 Å². The number of nitrogens with one attached hydrogen (secondary N) is 2. The van der Waals surface area contributed by atoms with Gasteiger partial charge >= 0.3 is 6.03 Å². The number of carbonyl (C=O) groups excluding carboxylic acids is 1. The van der Waals surface area contributed by atoms with E-state index < -0.39 is 10.0 Å². The molecule has 0 atom stereocenters. The lowest BCUT2D eigenvalue weighted by Crippen LogP contribution is -2.48. The van der Waals surface area contributed by atoms with Crippen molar-refractivity contribution in [1.82, 2.24) is 14.9 Å². The number of sulfonamides is 1. The van der Waals surface area contributed by atoms with Crippen LogP contribution < -0.4 is 10.6 Å². The number of amides is 2. The molecule has 28 heavy (non-hydrogen) atoms. The molecule has 2 aliphatic carbocycles. The molecule has 156 valence electrons. The van der Waals surface area contributed by atoms with E-state index in [1.165, 1.54) is 69.8 Å². The van der Waals surface area contributed by atoms with E-state index in [9.17, 15) is 13.2 Å². The summed E-state index contributed by atoms with van der Waals surface area (Å²) in [5, 5.41) is 6.22. The van der Waals surface area contributed by atoms with Gasteiger partial charge < -0.3 is 10.6 Å². The number of urea groups is 1. The Hall–Kier alpha value is -1.60. The first-order valence-electron chi connectivity index (χ1n) is 10.4. The largest absolute Gasteiger partial charge is 0.335 e. The molecule has 6 nitrogen and oxygen atoms in total. The minimum Gasteiger partial charge on any atom is -0.335 e. The highest BCUT2D eigenvalue weighted by molar-refractivity contribution is 7.89. The number of hydrogen-bond acceptors (Lipinski definition) is 3. The zero-order valence-electron chi connectivity index (χ0n) is 17.0. The summed E-state index contributed by atoms with van der Waals surface area (Å²) in [7, 11) is -0.398. The van der Waals surface area contributed by atoms with Gasteiger partial charge in [-0.3, -0.25) is 0 Å². The molecule has 2 aliphatic rings. The molecule has 2 fully saturated rings. The molecule has 1 aromatic rings. The van der Waals surface area contributed by atoms with Crippen molar-refractivity contribution < 1.29 is 13.2 Å². The molecule has 0 spiro atoms. The molecule has 2 N–H and O–H groups in total. The highest BCUT2D eigenvalue weighted by Gasteiger charge is 2.34. The topological polar surface area (TPSA) is 78.5 Å². The van der Waals surface area contributed by atoms with Crippen LogP contribution in [-0.2, 0) is 16.6 Å². The molecule has 2 saturated carbocycles. The lowest BCUT2D eigenvalue weighted by Gasteiger charge is -2.30. The fourth-order valence-corrected chi connectivity index (χ4v) is 5.53. The predicted molar refractivity (Wildman–Crippen MR) is 110 cm³/mol. The van der Waals surface area contributed by atoms with Crippen LogP contribution in [0.15, 0.2) is 29.2 Å². The zero-order chi connectivity index (χ0) is 20.1. The maximum Gasteiger partial charge on any atom is 0.315 e. The second-order valence-corrected chi connectivity index (χ2v) is 10.5. The summed E-state index contributed by atoms with van der Waals surface area (Å²) in [4.78, 5) is 12.8. The summed E-state index contributed by atoms with van der Waals surface area (Å²) < 4.78 is 25.5. The Morgan fingerprint density at radius 2 is 1.50 bits per heavy atom. The smallest absolute Gasteiger partial charge is 0.315 e. The van der Waals surface area contributed by atoms with Crippen LogP contribution in [0.1, 0.15) is 56.9 Å². The standard InChI is InChI=1S/C21H33N3O3S/c1-24(2)28(26,27)19-13-11-16(12-14-19)15-22-21(25)23-20(17-7-3-4-8-17)18-9-5-6-10-18/h11-14,17-18,20H,3-10,15H2,1-2H3,(H2,22,23,25). The van der Waals surface area contributed by atoms with Crippen molar-refractivity contribution in [2.45, 2.75) is 68.8 Å². The zero-order valence-corrected chi connectivity index (χ0v) is 17.8. The van der Waals surface area contributed by atoms with E-state index in [0.717, 1.165) is 5.56 Å². The average molecular weight is 408 g/mol. The number of hydrogen-bond donors (Lipinski definition) is 2. The Balaban J connectivity index is 1.55. The van der Waals surface area contributed by atoms with Crippen molar-refractivity contribution in [3.8, 4) is 0 Å². The molecule has 0 unspecified atom stereocenters. The van der Waals surface area contributed by atoms with Crippen LogP contribution in [-0.4, -0.2) is 38.9 Å². The van der Waals surface area contributed by atoms with E-state index in [1.54, 1.807) is 24.3 Å². The molecule has 7 heteroatoms. The van der Waals surface area contributed by atoms with E-state index in [-0.39, 0.29) is 17.0 Å². The van der Waals surface area contributed by atoms with Gasteiger partial charge in [-0.2, -0.15) is 0 Å². The van der Waals surface area contributed by atoms with E-state index in [4.69, 9.17) is 0 Å².